The first-order valence-corrected chi connectivity index (χ1v) is 6.86. The second-order valence-electron chi connectivity index (χ2n) is 4.89. The topological polar surface area (TPSA) is 62.7 Å². The number of aromatic nitrogens is 1. The van der Waals surface area contributed by atoms with Gasteiger partial charge in [0, 0.05) is 19.3 Å². The number of carboxylic acid groups (broad SMARTS) is 1. The second-order valence-corrected chi connectivity index (χ2v) is 4.89. The highest BCUT2D eigenvalue weighted by Gasteiger charge is 2.13. The van der Waals surface area contributed by atoms with Crippen LogP contribution in [0.2, 0.25) is 0 Å². The lowest BCUT2D eigenvalue weighted by atomic mass is 10.0. The normalized spacial score (nSPS) is 15.0. The number of carboxylic acids is 1. The summed E-state index contributed by atoms with van der Waals surface area (Å²) in [6, 6.07) is 10.8. The number of morpholine rings is 1. The number of pyridine rings is 1. The van der Waals surface area contributed by atoms with Crippen LogP contribution >= 0.6 is 0 Å². The van der Waals surface area contributed by atoms with Gasteiger partial charge in [0.1, 0.15) is 5.82 Å². The number of rotatable bonds is 3. The van der Waals surface area contributed by atoms with Crippen LogP contribution in [0.15, 0.2) is 42.6 Å². The van der Waals surface area contributed by atoms with Gasteiger partial charge < -0.3 is 14.7 Å². The lowest BCUT2D eigenvalue weighted by Gasteiger charge is -2.28. The van der Waals surface area contributed by atoms with Gasteiger partial charge in [-0.25, -0.2) is 9.78 Å². The van der Waals surface area contributed by atoms with Crippen molar-refractivity contribution in [2.24, 2.45) is 0 Å². The number of benzene rings is 1. The van der Waals surface area contributed by atoms with Crippen molar-refractivity contribution in [2.45, 2.75) is 0 Å². The van der Waals surface area contributed by atoms with Gasteiger partial charge >= 0.3 is 5.97 Å². The maximum Gasteiger partial charge on any atom is 0.335 e. The molecule has 5 nitrogen and oxygen atoms in total. The molecule has 1 aromatic carbocycles. The molecular weight excluding hydrogens is 268 g/mol. The molecule has 1 fully saturated rings. The van der Waals surface area contributed by atoms with E-state index in [-0.39, 0.29) is 5.56 Å². The first-order valence-electron chi connectivity index (χ1n) is 6.86. The van der Waals surface area contributed by atoms with Crippen molar-refractivity contribution in [3.05, 3.63) is 48.2 Å². The van der Waals surface area contributed by atoms with Gasteiger partial charge in [-0.2, -0.15) is 0 Å². The number of hydrogen-bond acceptors (Lipinski definition) is 4. The highest BCUT2D eigenvalue weighted by atomic mass is 16.5. The Morgan fingerprint density at radius 2 is 1.90 bits per heavy atom. The summed E-state index contributed by atoms with van der Waals surface area (Å²) < 4.78 is 5.34. The second kappa shape index (κ2) is 5.93. The minimum atomic E-state index is -0.917. The van der Waals surface area contributed by atoms with Crippen molar-refractivity contribution in [3.63, 3.8) is 0 Å². The predicted octanol–water partition coefficient (Wildman–Crippen LogP) is 2.28. The van der Waals surface area contributed by atoms with Crippen LogP contribution in [0.25, 0.3) is 11.1 Å². The van der Waals surface area contributed by atoms with Crippen LogP contribution in [-0.2, 0) is 4.74 Å². The van der Waals surface area contributed by atoms with Crippen LogP contribution in [0, 0.1) is 0 Å². The molecule has 1 aliphatic rings. The molecule has 108 valence electrons. The molecule has 0 unspecified atom stereocenters. The van der Waals surface area contributed by atoms with Crippen molar-refractivity contribution in [2.75, 3.05) is 31.2 Å². The summed E-state index contributed by atoms with van der Waals surface area (Å²) in [7, 11) is 0. The molecule has 0 radical (unpaired) electrons. The molecule has 1 aromatic heterocycles. The van der Waals surface area contributed by atoms with Crippen molar-refractivity contribution < 1.29 is 14.6 Å². The largest absolute Gasteiger partial charge is 0.478 e. The fourth-order valence-electron chi connectivity index (χ4n) is 2.40. The zero-order valence-electron chi connectivity index (χ0n) is 11.5. The van der Waals surface area contributed by atoms with Gasteiger partial charge in [-0.1, -0.05) is 12.1 Å². The first-order chi connectivity index (χ1) is 10.2. The van der Waals surface area contributed by atoms with E-state index in [1.807, 2.05) is 18.2 Å². The van der Waals surface area contributed by atoms with E-state index in [1.165, 1.54) is 0 Å². The highest BCUT2D eigenvalue weighted by Crippen LogP contribution is 2.24. The van der Waals surface area contributed by atoms with Gasteiger partial charge in [0.2, 0.25) is 0 Å². The molecule has 0 amide bonds. The third-order valence-electron chi connectivity index (χ3n) is 3.52. The lowest BCUT2D eigenvalue weighted by molar-refractivity contribution is 0.0697. The van der Waals surface area contributed by atoms with Crippen LogP contribution in [0.1, 0.15) is 10.4 Å². The molecule has 0 saturated carbocycles. The molecule has 0 atom stereocenters. The van der Waals surface area contributed by atoms with Crippen molar-refractivity contribution in [3.8, 4) is 11.1 Å². The van der Waals surface area contributed by atoms with Gasteiger partial charge in [0.25, 0.3) is 0 Å². The van der Waals surface area contributed by atoms with Crippen molar-refractivity contribution >= 4 is 11.8 Å². The van der Waals surface area contributed by atoms with Crippen LogP contribution in [0.3, 0.4) is 0 Å². The van der Waals surface area contributed by atoms with E-state index >= 15 is 0 Å². The molecule has 1 aliphatic heterocycles. The Bertz CT molecular complexity index is 651. The Kier molecular flexibility index (Phi) is 3.83. The minimum absolute atomic E-state index is 0.289. The average molecular weight is 284 g/mol. The van der Waals surface area contributed by atoms with E-state index in [9.17, 15) is 4.79 Å². The SMILES string of the molecule is O=C(O)c1cccc(-c2ccnc(N3CCOCC3)c2)c1. The Balaban J connectivity index is 1.92. The fraction of sp³-hybridized carbons (Fsp3) is 0.250. The third kappa shape index (κ3) is 3.03. The van der Waals surface area contributed by atoms with E-state index in [4.69, 9.17) is 9.84 Å². The first kappa shape index (κ1) is 13.6. The molecular formula is C16H16N2O3. The molecule has 3 rings (SSSR count). The van der Waals surface area contributed by atoms with Gasteiger partial charge in [-0.3, -0.25) is 0 Å². The van der Waals surface area contributed by atoms with Crippen LogP contribution in [-0.4, -0.2) is 42.4 Å². The number of anilines is 1. The molecule has 21 heavy (non-hydrogen) atoms. The monoisotopic (exact) mass is 284 g/mol. The number of aromatic carboxylic acids is 1. The van der Waals surface area contributed by atoms with E-state index in [0.717, 1.165) is 30.0 Å². The number of carbonyl (C=O) groups is 1. The molecule has 0 spiro atoms. The molecule has 1 saturated heterocycles. The molecule has 0 aliphatic carbocycles. The molecule has 1 N–H and O–H groups in total. The summed E-state index contributed by atoms with van der Waals surface area (Å²) in [5.41, 5.74) is 2.14. The average Bonchev–Trinajstić information content (AvgIpc) is 2.56. The van der Waals surface area contributed by atoms with Gasteiger partial charge in [-0.05, 0) is 35.4 Å². The van der Waals surface area contributed by atoms with E-state index < -0.39 is 5.97 Å². The summed E-state index contributed by atoms with van der Waals surface area (Å²) in [5, 5.41) is 9.08. The van der Waals surface area contributed by atoms with E-state index in [1.54, 1.807) is 24.4 Å². The summed E-state index contributed by atoms with van der Waals surface area (Å²) in [6.45, 7) is 3.07. The Hall–Kier alpha value is -2.40. The summed E-state index contributed by atoms with van der Waals surface area (Å²) in [4.78, 5) is 17.6. The summed E-state index contributed by atoms with van der Waals surface area (Å²) >= 11 is 0. The number of ether oxygens (including phenoxy) is 1. The minimum Gasteiger partial charge on any atom is -0.478 e. The zero-order valence-corrected chi connectivity index (χ0v) is 11.5. The van der Waals surface area contributed by atoms with Gasteiger partial charge in [0.05, 0.1) is 18.8 Å². The standard InChI is InChI=1S/C16H16N2O3/c19-16(20)14-3-1-2-12(10-14)13-4-5-17-15(11-13)18-6-8-21-9-7-18/h1-5,10-11H,6-9H2,(H,19,20). The zero-order chi connectivity index (χ0) is 14.7. The molecule has 2 aromatic rings. The van der Waals surface area contributed by atoms with E-state index in [2.05, 4.69) is 9.88 Å². The summed E-state index contributed by atoms with van der Waals surface area (Å²) in [5.74, 6) is -0.0177. The Labute approximate surface area is 122 Å². The van der Waals surface area contributed by atoms with Crippen molar-refractivity contribution in [1.82, 2.24) is 4.98 Å². The Morgan fingerprint density at radius 3 is 2.67 bits per heavy atom. The van der Waals surface area contributed by atoms with Crippen LogP contribution in [0.4, 0.5) is 5.82 Å². The van der Waals surface area contributed by atoms with Gasteiger partial charge in [-0.15, -0.1) is 0 Å². The molecule has 2 heterocycles. The lowest BCUT2D eigenvalue weighted by Crippen LogP contribution is -2.36. The van der Waals surface area contributed by atoms with Gasteiger partial charge in [0.15, 0.2) is 0 Å². The maximum absolute atomic E-state index is 11.1. The number of hydrogen-bond donors (Lipinski definition) is 1. The van der Waals surface area contributed by atoms with E-state index in [0.29, 0.717) is 13.2 Å². The summed E-state index contributed by atoms with van der Waals surface area (Å²) in [6.07, 6.45) is 1.76. The maximum atomic E-state index is 11.1. The number of nitrogens with zero attached hydrogens (tertiary/aromatic N) is 2. The highest BCUT2D eigenvalue weighted by molar-refractivity contribution is 5.89. The third-order valence-corrected chi connectivity index (χ3v) is 3.52. The van der Waals surface area contributed by atoms with Crippen molar-refractivity contribution in [1.29, 1.82) is 0 Å². The Morgan fingerprint density at radius 1 is 1.14 bits per heavy atom. The van der Waals surface area contributed by atoms with Crippen LogP contribution in [0.5, 0.6) is 0 Å². The molecule has 5 heteroatoms. The molecule has 0 bridgehead atoms. The smallest absolute Gasteiger partial charge is 0.335 e. The van der Waals surface area contributed by atoms with Crippen LogP contribution < -0.4 is 4.90 Å². The predicted molar refractivity (Wildman–Crippen MR) is 79.7 cm³/mol. The fourth-order valence-corrected chi connectivity index (χ4v) is 2.40. The quantitative estimate of drug-likeness (QED) is 0.937.